The fourth-order valence-electron chi connectivity index (χ4n) is 2.23. The van der Waals surface area contributed by atoms with E-state index in [1.807, 2.05) is 0 Å². The zero-order valence-corrected chi connectivity index (χ0v) is 8.06. The second kappa shape index (κ2) is 3.10. The first-order valence-electron chi connectivity index (χ1n) is 5.09. The molecule has 1 aromatic rings. The molecule has 0 spiro atoms. The van der Waals surface area contributed by atoms with Crippen molar-refractivity contribution >= 4 is 0 Å². The lowest BCUT2D eigenvalue weighted by atomic mass is 10.1. The Morgan fingerprint density at radius 1 is 0.929 bits per heavy atom. The van der Waals surface area contributed by atoms with E-state index in [1.54, 1.807) is 0 Å². The maximum atomic E-state index is 2.49. The molecule has 0 saturated carbocycles. The minimum absolute atomic E-state index is 0.516. The molecule has 0 saturated heterocycles. The van der Waals surface area contributed by atoms with Crippen LogP contribution in [0.15, 0.2) is 48.6 Å². The van der Waals surface area contributed by atoms with E-state index in [-0.39, 0.29) is 0 Å². The van der Waals surface area contributed by atoms with Crippen LogP contribution >= 0.6 is 0 Å². The molecule has 0 N–H and O–H groups in total. The summed E-state index contributed by atoms with van der Waals surface area (Å²) in [6.45, 7) is 2.19. The fourth-order valence-corrected chi connectivity index (χ4v) is 2.23. The Kier molecular flexibility index (Phi) is 1.78. The maximum Gasteiger partial charge on any atom is 0.0474 e. The zero-order chi connectivity index (χ0) is 9.38. The molecule has 1 aliphatic heterocycles. The number of rotatable bonds is 1. The lowest BCUT2D eigenvalue weighted by molar-refractivity contribution is 0.270. The molecule has 1 aliphatic carbocycles. The molecule has 0 atom stereocenters. The molecule has 0 radical (unpaired) electrons. The van der Waals surface area contributed by atoms with Gasteiger partial charge in [-0.2, -0.15) is 0 Å². The van der Waals surface area contributed by atoms with Gasteiger partial charge in [0.15, 0.2) is 0 Å². The van der Waals surface area contributed by atoms with Crippen molar-refractivity contribution in [2.24, 2.45) is 0 Å². The molecule has 1 nitrogen and oxygen atoms in total. The molecule has 1 heteroatoms. The van der Waals surface area contributed by atoms with Gasteiger partial charge in [0.2, 0.25) is 0 Å². The van der Waals surface area contributed by atoms with Crippen LogP contribution in [0.4, 0.5) is 0 Å². The molecule has 70 valence electrons. The molecule has 0 amide bonds. The summed E-state index contributed by atoms with van der Waals surface area (Å²) in [7, 11) is 0. The van der Waals surface area contributed by atoms with Gasteiger partial charge in [-0.1, -0.05) is 48.6 Å². The summed E-state index contributed by atoms with van der Waals surface area (Å²) >= 11 is 0. The van der Waals surface area contributed by atoms with Crippen molar-refractivity contribution in [1.29, 1.82) is 0 Å². The number of fused-ring (bicyclic) bond motifs is 1. The van der Waals surface area contributed by atoms with Gasteiger partial charge in [0.05, 0.1) is 0 Å². The van der Waals surface area contributed by atoms with Gasteiger partial charge in [0.25, 0.3) is 0 Å². The Hall–Kier alpha value is -1.34. The maximum absolute atomic E-state index is 2.49. The first-order chi connectivity index (χ1) is 6.93. The van der Waals surface area contributed by atoms with Gasteiger partial charge in [0, 0.05) is 19.1 Å². The van der Waals surface area contributed by atoms with E-state index in [9.17, 15) is 0 Å². The molecular formula is C13H13N. The van der Waals surface area contributed by atoms with Crippen LogP contribution in [0.5, 0.6) is 0 Å². The van der Waals surface area contributed by atoms with Crippen molar-refractivity contribution in [2.75, 3.05) is 0 Å². The molecule has 0 aromatic heterocycles. The Labute approximate surface area is 84.4 Å². The smallest absolute Gasteiger partial charge is 0.0474 e. The van der Waals surface area contributed by atoms with Crippen LogP contribution in [-0.4, -0.2) is 10.9 Å². The van der Waals surface area contributed by atoms with Gasteiger partial charge in [-0.3, -0.25) is 4.90 Å². The van der Waals surface area contributed by atoms with E-state index in [0.29, 0.717) is 6.04 Å². The average molecular weight is 183 g/mol. The Balaban J connectivity index is 1.84. The number of allylic oxidation sites excluding steroid dienone is 2. The van der Waals surface area contributed by atoms with Crippen molar-refractivity contribution in [3.8, 4) is 0 Å². The molecule has 1 heterocycles. The number of benzene rings is 1. The van der Waals surface area contributed by atoms with Crippen molar-refractivity contribution in [3.63, 3.8) is 0 Å². The summed E-state index contributed by atoms with van der Waals surface area (Å²) in [5.41, 5.74) is 2.97. The van der Waals surface area contributed by atoms with Crippen LogP contribution in [-0.2, 0) is 13.1 Å². The summed E-state index contributed by atoms with van der Waals surface area (Å²) in [5.74, 6) is 0. The Bertz CT molecular complexity index is 366. The van der Waals surface area contributed by atoms with Crippen LogP contribution in [0, 0.1) is 0 Å². The van der Waals surface area contributed by atoms with Gasteiger partial charge in [0.1, 0.15) is 0 Å². The van der Waals surface area contributed by atoms with Gasteiger partial charge in [-0.05, 0) is 11.1 Å². The van der Waals surface area contributed by atoms with Crippen molar-refractivity contribution in [2.45, 2.75) is 19.1 Å². The van der Waals surface area contributed by atoms with Crippen LogP contribution in [0.25, 0.3) is 0 Å². The van der Waals surface area contributed by atoms with Crippen LogP contribution in [0.3, 0.4) is 0 Å². The monoisotopic (exact) mass is 183 g/mol. The quantitative estimate of drug-likeness (QED) is 0.646. The molecule has 14 heavy (non-hydrogen) atoms. The number of nitrogens with zero attached hydrogens (tertiary/aromatic N) is 1. The molecule has 0 unspecified atom stereocenters. The highest BCUT2D eigenvalue weighted by molar-refractivity contribution is 5.32. The van der Waals surface area contributed by atoms with E-state index in [2.05, 4.69) is 53.5 Å². The largest absolute Gasteiger partial charge is 0.285 e. The van der Waals surface area contributed by atoms with Crippen molar-refractivity contribution in [3.05, 3.63) is 59.7 Å². The molecule has 2 aliphatic rings. The normalized spacial score (nSPS) is 20.6. The summed E-state index contributed by atoms with van der Waals surface area (Å²) < 4.78 is 0. The van der Waals surface area contributed by atoms with Crippen LogP contribution in [0.2, 0.25) is 0 Å². The Morgan fingerprint density at radius 3 is 2.07 bits per heavy atom. The first kappa shape index (κ1) is 8.01. The third-order valence-electron chi connectivity index (χ3n) is 3.01. The number of hydrogen-bond acceptors (Lipinski definition) is 1. The first-order valence-corrected chi connectivity index (χ1v) is 5.09. The zero-order valence-electron chi connectivity index (χ0n) is 8.06. The lowest BCUT2D eigenvalue weighted by Gasteiger charge is -2.19. The second-order valence-corrected chi connectivity index (χ2v) is 3.93. The van der Waals surface area contributed by atoms with Gasteiger partial charge < -0.3 is 0 Å². The van der Waals surface area contributed by atoms with Crippen LogP contribution in [0.1, 0.15) is 11.1 Å². The topological polar surface area (TPSA) is 3.24 Å². The van der Waals surface area contributed by atoms with E-state index in [4.69, 9.17) is 0 Å². The highest BCUT2D eigenvalue weighted by Gasteiger charge is 2.22. The minimum Gasteiger partial charge on any atom is -0.285 e. The van der Waals surface area contributed by atoms with Gasteiger partial charge >= 0.3 is 0 Å². The fraction of sp³-hybridized carbons (Fsp3) is 0.231. The van der Waals surface area contributed by atoms with Crippen molar-refractivity contribution in [1.82, 2.24) is 4.90 Å². The highest BCUT2D eigenvalue weighted by atomic mass is 15.2. The summed E-state index contributed by atoms with van der Waals surface area (Å²) in [5, 5.41) is 0. The molecule has 0 bridgehead atoms. The minimum atomic E-state index is 0.516. The molecular weight excluding hydrogens is 170 g/mol. The third kappa shape index (κ3) is 1.21. The number of hydrogen-bond donors (Lipinski definition) is 0. The van der Waals surface area contributed by atoms with E-state index >= 15 is 0 Å². The van der Waals surface area contributed by atoms with Crippen LogP contribution < -0.4 is 0 Å². The average Bonchev–Trinajstić information content (AvgIpc) is 2.86. The third-order valence-corrected chi connectivity index (χ3v) is 3.01. The lowest BCUT2D eigenvalue weighted by Crippen LogP contribution is -2.25. The van der Waals surface area contributed by atoms with Gasteiger partial charge in [-0.15, -0.1) is 0 Å². The summed E-state index contributed by atoms with van der Waals surface area (Å²) in [6.07, 6.45) is 8.78. The van der Waals surface area contributed by atoms with E-state index in [1.165, 1.54) is 11.1 Å². The standard InChI is InChI=1S/C13H13N/c1-2-6-12-10-14(9-11(12)5-1)13-7-3-4-8-13/h1-8,13H,9-10H2. The summed E-state index contributed by atoms with van der Waals surface area (Å²) in [4.78, 5) is 2.49. The predicted octanol–water partition coefficient (Wildman–Crippen LogP) is 2.50. The van der Waals surface area contributed by atoms with E-state index < -0.39 is 0 Å². The molecule has 0 fully saturated rings. The van der Waals surface area contributed by atoms with E-state index in [0.717, 1.165) is 13.1 Å². The second-order valence-electron chi connectivity index (χ2n) is 3.93. The SMILES string of the molecule is C1=CC(N2Cc3ccccc3C2)C=C1. The predicted molar refractivity (Wildman–Crippen MR) is 57.8 cm³/mol. The Morgan fingerprint density at radius 2 is 1.50 bits per heavy atom. The highest BCUT2D eigenvalue weighted by Crippen LogP contribution is 2.25. The van der Waals surface area contributed by atoms with Crippen molar-refractivity contribution < 1.29 is 0 Å². The summed E-state index contributed by atoms with van der Waals surface area (Å²) in [6, 6.07) is 9.24. The molecule has 1 aromatic carbocycles. The van der Waals surface area contributed by atoms with Gasteiger partial charge in [-0.25, -0.2) is 0 Å². The molecule has 3 rings (SSSR count).